The minimum absolute atomic E-state index is 0.106. The van der Waals surface area contributed by atoms with Gasteiger partial charge in [0.05, 0.1) is 6.04 Å². The third-order valence-electron chi connectivity index (χ3n) is 4.11. The quantitative estimate of drug-likeness (QED) is 0.320. The molecule has 0 radical (unpaired) electrons. The van der Waals surface area contributed by atoms with Gasteiger partial charge in [0.25, 0.3) is 0 Å². The van der Waals surface area contributed by atoms with Crippen molar-refractivity contribution in [2.75, 3.05) is 18.8 Å². The van der Waals surface area contributed by atoms with Crippen molar-refractivity contribution in [2.24, 2.45) is 11.7 Å². The highest BCUT2D eigenvalue weighted by atomic mass is 32.1. The molecule has 0 spiro atoms. The first-order valence-electron chi connectivity index (χ1n) is 8.64. The van der Waals surface area contributed by atoms with Crippen molar-refractivity contribution in [3.05, 3.63) is 0 Å². The summed E-state index contributed by atoms with van der Waals surface area (Å²) >= 11 is 4.01. The molecule has 3 unspecified atom stereocenters. The van der Waals surface area contributed by atoms with Crippen LogP contribution in [0, 0.1) is 5.92 Å². The van der Waals surface area contributed by atoms with Crippen LogP contribution in [0.3, 0.4) is 0 Å². The molecule has 3 amide bonds. The third-order valence-corrected chi connectivity index (χ3v) is 4.50. The predicted octanol–water partition coefficient (Wildman–Crippen LogP) is -1.03. The topological polar surface area (TPSA) is 142 Å². The summed E-state index contributed by atoms with van der Waals surface area (Å²) in [5, 5.41) is 13.6. The molecule has 5 N–H and O–H groups in total. The maximum Gasteiger partial charge on any atom is 0.322 e. The Bertz CT molecular complexity index is 543. The molecule has 0 saturated carbocycles. The third kappa shape index (κ3) is 6.49. The molecule has 9 nitrogen and oxygen atoms in total. The van der Waals surface area contributed by atoms with Gasteiger partial charge in [0.15, 0.2) is 0 Å². The molecule has 1 saturated heterocycles. The smallest absolute Gasteiger partial charge is 0.322 e. The summed E-state index contributed by atoms with van der Waals surface area (Å²) in [5.74, 6) is -2.21. The van der Waals surface area contributed by atoms with Crippen LogP contribution in [-0.4, -0.2) is 70.7 Å². The fourth-order valence-electron chi connectivity index (χ4n) is 2.85. The van der Waals surface area contributed by atoms with Crippen molar-refractivity contribution < 1.29 is 24.3 Å². The first-order chi connectivity index (χ1) is 12.2. The van der Waals surface area contributed by atoms with Crippen LogP contribution in [0.15, 0.2) is 0 Å². The number of thiol groups is 1. The monoisotopic (exact) mass is 388 g/mol. The second-order valence-electron chi connectivity index (χ2n) is 6.78. The van der Waals surface area contributed by atoms with Crippen LogP contribution in [0.4, 0.5) is 0 Å². The van der Waals surface area contributed by atoms with E-state index in [4.69, 9.17) is 10.8 Å². The first-order valence-corrected chi connectivity index (χ1v) is 9.27. The molecule has 148 valence electrons. The number of hydrogen-bond donors (Lipinski definition) is 5. The van der Waals surface area contributed by atoms with E-state index in [0.717, 1.165) is 0 Å². The summed E-state index contributed by atoms with van der Waals surface area (Å²) in [6.07, 6.45) is 1.51. The van der Waals surface area contributed by atoms with Crippen LogP contribution < -0.4 is 16.4 Å². The standard InChI is InChI=1S/C16H28N4O5S/c1-9(2)6-11(14(23)18-7-13(21)22)19-15(24)12-4-3-5-20(12)16(25)10(17)8-26/h9-12,26H,3-8,17H2,1-2H3,(H,18,23)(H,19,24)(H,21,22). The minimum Gasteiger partial charge on any atom is -0.480 e. The summed E-state index contributed by atoms with van der Waals surface area (Å²) in [5.41, 5.74) is 5.72. The lowest BCUT2D eigenvalue weighted by atomic mass is 10.0. The second kappa shape index (κ2) is 10.4. The van der Waals surface area contributed by atoms with Crippen LogP contribution >= 0.6 is 12.6 Å². The molecule has 10 heteroatoms. The van der Waals surface area contributed by atoms with E-state index >= 15 is 0 Å². The van der Waals surface area contributed by atoms with E-state index in [-0.39, 0.29) is 17.6 Å². The molecule has 1 rings (SSSR count). The number of nitrogens with one attached hydrogen (secondary N) is 2. The zero-order chi connectivity index (χ0) is 19.9. The lowest BCUT2D eigenvalue weighted by Gasteiger charge is -2.28. The first kappa shape index (κ1) is 22.2. The molecule has 26 heavy (non-hydrogen) atoms. The molecule has 1 aliphatic heterocycles. The Morgan fingerprint density at radius 1 is 1.31 bits per heavy atom. The average molecular weight is 388 g/mol. The van der Waals surface area contributed by atoms with Gasteiger partial charge in [-0.15, -0.1) is 0 Å². The van der Waals surface area contributed by atoms with Gasteiger partial charge in [0.1, 0.15) is 18.6 Å². The number of amides is 3. The summed E-state index contributed by atoms with van der Waals surface area (Å²) < 4.78 is 0. The lowest BCUT2D eigenvalue weighted by molar-refractivity contribution is -0.141. The molecular formula is C16H28N4O5S. The van der Waals surface area contributed by atoms with E-state index in [1.54, 1.807) is 0 Å². The van der Waals surface area contributed by atoms with Crippen LogP contribution in [0.2, 0.25) is 0 Å². The Hall–Kier alpha value is -1.81. The van der Waals surface area contributed by atoms with Crippen LogP contribution in [0.1, 0.15) is 33.1 Å². The van der Waals surface area contributed by atoms with Gasteiger partial charge in [0.2, 0.25) is 17.7 Å². The van der Waals surface area contributed by atoms with Gasteiger partial charge in [-0.25, -0.2) is 0 Å². The largest absolute Gasteiger partial charge is 0.480 e. The van der Waals surface area contributed by atoms with Crippen LogP contribution in [0.25, 0.3) is 0 Å². The molecular weight excluding hydrogens is 360 g/mol. The average Bonchev–Trinajstić information content (AvgIpc) is 3.06. The Kier molecular flexibility index (Phi) is 8.86. The molecule has 0 aromatic rings. The number of aliphatic carboxylic acids is 1. The van der Waals surface area contributed by atoms with Crippen molar-refractivity contribution in [2.45, 2.75) is 51.2 Å². The van der Waals surface area contributed by atoms with Gasteiger partial charge < -0.3 is 26.4 Å². The molecule has 0 aliphatic carbocycles. The normalized spacial score (nSPS) is 19.1. The fraction of sp³-hybridized carbons (Fsp3) is 0.750. The van der Waals surface area contributed by atoms with E-state index < -0.39 is 42.5 Å². The Labute approximate surface area is 158 Å². The van der Waals surface area contributed by atoms with E-state index in [1.807, 2.05) is 13.8 Å². The van der Waals surface area contributed by atoms with Gasteiger partial charge in [-0.1, -0.05) is 13.8 Å². The number of carbonyl (C=O) groups excluding carboxylic acids is 3. The number of carboxylic acid groups (broad SMARTS) is 1. The minimum atomic E-state index is -1.17. The highest BCUT2D eigenvalue weighted by Crippen LogP contribution is 2.19. The van der Waals surface area contributed by atoms with Crippen LogP contribution in [0.5, 0.6) is 0 Å². The van der Waals surface area contributed by atoms with Gasteiger partial charge in [-0.3, -0.25) is 19.2 Å². The van der Waals surface area contributed by atoms with Crippen LogP contribution in [-0.2, 0) is 19.2 Å². The van der Waals surface area contributed by atoms with Gasteiger partial charge in [0, 0.05) is 12.3 Å². The summed E-state index contributed by atoms with van der Waals surface area (Å²) in [4.78, 5) is 49.2. The van der Waals surface area contributed by atoms with E-state index in [1.165, 1.54) is 4.90 Å². The second-order valence-corrected chi connectivity index (χ2v) is 7.15. The summed E-state index contributed by atoms with van der Waals surface area (Å²) in [7, 11) is 0. The van der Waals surface area contributed by atoms with Crippen molar-refractivity contribution in [3.63, 3.8) is 0 Å². The van der Waals surface area contributed by atoms with Gasteiger partial charge in [-0.2, -0.15) is 12.6 Å². The number of likely N-dealkylation sites (tertiary alicyclic amines) is 1. The molecule has 0 aromatic carbocycles. The Morgan fingerprint density at radius 3 is 2.50 bits per heavy atom. The molecule has 3 atom stereocenters. The van der Waals surface area contributed by atoms with E-state index in [9.17, 15) is 19.2 Å². The zero-order valence-corrected chi connectivity index (χ0v) is 16.0. The number of carbonyl (C=O) groups is 4. The van der Waals surface area contributed by atoms with Crippen molar-refractivity contribution in [1.29, 1.82) is 0 Å². The summed E-state index contributed by atoms with van der Waals surface area (Å²) in [6, 6.07) is -2.33. The highest BCUT2D eigenvalue weighted by molar-refractivity contribution is 7.80. The van der Waals surface area contributed by atoms with Gasteiger partial charge >= 0.3 is 5.97 Å². The van der Waals surface area contributed by atoms with Gasteiger partial charge in [-0.05, 0) is 25.2 Å². The van der Waals surface area contributed by atoms with Crippen molar-refractivity contribution in [3.8, 4) is 0 Å². The van der Waals surface area contributed by atoms with E-state index in [0.29, 0.717) is 25.8 Å². The Morgan fingerprint density at radius 2 is 1.96 bits per heavy atom. The maximum atomic E-state index is 12.6. The number of nitrogens with two attached hydrogens (primary N) is 1. The van der Waals surface area contributed by atoms with Crippen molar-refractivity contribution in [1.82, 2.24) is 15.5 Å². The molecule has 1 heterocycles. The fourth-order valence-corrected chi connectivity index (χ4v) is 3.01. The predicted molar refractivity (Wildman–Crippen MR) is 98.6 cm³/mol. The lowest BCUT2D eigenvalue weighted by Crippen LogP contribution is -2.56. The molecule has 0 bridgehead atoms. The highest BCUT2D eigenvalue weighted by Gasteiger charge is 2.37. The molecule has 1 aliphatic rings. The zero-order valence-electron chi connectivity index (χ0n) is 15.1. The molecule has 1 fully saturated rings. The van der Waals surface area contributed by atoms with E-state index in [2.05, 4.69) is 23.3 Å². The number of rotatable bonds is 9. The number of hydrogen-bond acceptors (Lipinski definition) is 6. The SMILES string of the molecule is CC(C)CC(NC(=O)C1CCCN1C(=O)C(N)CS)C(=O)NCC(=O)O. The summed E-state index contributed by atoms with van der Waals surface area (Å²) in [6.45, 7) is 3.69. The Balaban J connectivity index is 2.79. The molecule has 0 aromatic heterocycles. The maximum absolute atomic E-state index is 12.6. The number of carboxylic acids is 1. The number of nitrogens with zero attached hydrogens (tertiary/aromatic N) is 1. The van der Waals surface area contributed by atoms with Crippen molar-refractivity contribution >= 4 is 36.3 Å².